The Kier molecular flexibility index (Phi) is 3.41. The zero-order valence-electron chi connectivity index (χ0n) is 9.24. The summed E-state index contributed by atoms with van der Waals surface area (Å²) >= 11 is 4.08. The Labute approximate surface area is 103 Å². The summed E-state index contributed by atoms with van der Waals surface area (Å²) in [6.07, 6.45) is -0.282. The Morgan fingerprint density at radius 2 is 2.29 bits per heavy atom. The van der Waals surface area contributed by atoms with Crippen LogP contribution in [0.3, 0.4) is 0 Å². The predicted molar refractivity (Wildman–Crippen MR) is 64.3 cm³/mol. The Bertz CT molecular complexity index is 512. The van der Waals surface area contributed by atoms with E-state index in [1.165, 1.54) is 16.8 Å². The van der Waals surface area contributed by atoms with Crippen LogP contribution in [0, 0.1) is 5.92 Å². The molecule has 0 saturated carbocycles. The molecular formula is C10H14N2O4S. The molecule has 0 unspecified atom stereocenters. The first-order chi connectivity index (χ1) is 8.04. The number of aliphatic hydroxyl groups excluding tert-OH is 1. The van der Waals surface area contributed by atoms with Crippen molar-refractivity contribution in [3.05, 3.63) is 33.1 Å². The van der Waals surface area contributed by atoms with Gasteiger partial charge in [-0.15, -0.1) is 0 Å². The number of thiol groups is 1. The second-order valence-electron chi connectivity index (χ2n) is 4.11. The quantitative estimate of drug-likeness (QED) is 0.616. The van der Waals surface area contributed by atoms with Crippen LogP contribution in [0.1, 0.15) is 13.2 Å². The van der Waals surface area contributed by atoms with Crippen molar-refractivity contribution in [2.45, 2.75) is 25.4 Å². The molecule has 94 valence electrons. The van der Waals surface area contributed by atoms with Crippen LogP contribution in [-0.4, -0.2) is 32.6 Å². The fourth-order valence-corrected chi connectivity index (χ4v) is 2.29. The van der Waals surface area contributed by atoms with Crippen LogP contribution in [0.25, 0.3) is 0 Å². The lowest BCUT2D eigenvalue weighted by molar-refractivity contribution is -0.0118. The van der Waals surface area contributed by atoms with Gasteiger partial charge in [0.05, 0.1) is 12.2 Å². The summed E-state index contributed by atoms with van der Waals surface area (Å²) < 4.78 is 6.83. The van der Waals surface area contributed by atoms with Crippen LogP contribution >= 0.6 is 12.6 Å². The normalized spacial score (nSPS) is 32.9. The van der Waals surface area contributed by atoms with Gasteiger partial charge in [-0.2, -0.15) is 12.6 Å². The monoisotopic (exact) mass is 258 g/mol. The molecule has 4 atom stereocenters. The van der Waals surface area contributed by atoms with Crippen molar-refractivity contribution < 1.29 is 9.84 Å². The van der Waals surface area contributed by atoms with Crippen molar-refractivity contribution in [3.63, 3.8) is 0 Å². The molecule has 6 nitrogen and oxygen atoms in total. The third-order valence-electron chi connectivity index (χ3n) is 2.99. The largest absolute Gasteiger partial charge is 0.390 e. The first-order valence-electron chi connectivity index (χ1n) is 5.30. The molecule has 0 amide bonds. The molecule has 0 aliphatic carbocycles. The van der Waals surface area contributed by atoms with Gasteiger partial charge in [-0.3, -0.25) is 14.3 Å². The summed E-state index contributed by atoms with van der Waals surface area (Å²) in [6, 6.07) is 1.25. The van der Waals surface area contributed by atoms with Gasteiger partial charge in [-0.25, -0.2) is 4.79 Å². The molecule has 1 fully saturated rings. The number of aliphatic hydroxyl groups is 1. The van der Waals surface area contributed by atoms with Crippen molar-refractivity contribution in [2.75, 3.05) is 5.75 Å². The van der Waals surface area contributed by atoms with Gasteiger partial charge in [0, 0.05) is 23.9 Å². The zero-order chi connectivity index (χ0) is 12.6. The Hall–Kier alpha value is -1.05. The lowest BCUT2D eigenvalue weighted by Gasteiger charge is -2.17. The highest BCUT2D eigenvalue weighted by Gasteiger charge is 2.41. The molecule has 0 bridgehead atoms. The number of hydrogen-bond acceptors (Lipinski definition) is 5. The number of aromatic amines is 1. The molecule has 2 N–H and O–H groups in total. The van der Waals surface area contributed by atoms with E-state index in [1.54, 1.807) is 6.92 Å². The first kappa shape index (κ1) is 12.4. The molecule has 0 spiro atoms. The van der Waals surface area contributed by atoms with E-state index in [0.29, 0.717) is 5.75 Å². The molecule has 7 heteroatoms. The number of hydrogen-bond donors (Lipinski definition) is 3. The third kappa shape index (κ3) is 2.18. The third-order valence-corrected chi connectivity index (χ3v) is 3.35. The van der Waals surface area contributed by atoms with Gasteiger partial charge in [-0.05, 0) is 0 Å². The molecule has 2 rings (SSSR count). The van der Waals surface area contributed by atoms with Crippen molar-refractivity contribution in [2.24, 2.45) is 5.92 Å². The first-order valence-corrected chi connectivity index (χ1v) is 5.93. The van der Waals surface area contributed by atoms with Gasteiger partial charge >= 0.3 is 5.69 Å². The van der Waals surface area contributed by atoms with Crippen molar-refractivity contribution in [1.82, 2.24) is 9.55 Å². The molecular weight excluding hydrogens is 244 g/mol. The Morgan fingerprint density at radius 1 is 1.59 bits per heavy atom. The molecule has 1 aliphatic rings. The van der Waals surface area contributed by atoms with Crippen molar-refractivity contribution in [1.29, 1.82) is 0 Å². The fourth-order valence-electron chi connectivity index (χ4n) is 1.99. The van der Waals surface area contributed by atoms with Gasteiger partial charge in [0.2, 0.25) is 0 Å². The molecule has 1 aromatic rings. The van der Waals surface area contributed by atoms with E-state index in [-0.39, 0.29) is 5.92 Å². The molecule has 1 saturated heterocycles. The fraction of sp³-hybridized carbons (Fsp3) is 0.600. The van der Waals surface area contributed by atoms with E-state index in [1.807, 2.05) is 0 Å². The van der Waals surface area contributed by atoms with Crippen LogP contribution in [-0.2, 0) is 4.74 Å². The lowest BCUT2D eigenvalue weighted by Crippen LogP contribution is -2.33. The standard InChI is InChI=1S/C10H14N2O4S/c1-5-8(14)6(4-17)16-9(5)12-3-2-7(13)11-10(12)15/h2-3,5-6,8-9,14,17H,4H2,1H3,(H,11,13,15)/t5-,6-,8+,9-/m1/s1. The Balaban J connectivity index is 2.35. The van der Waals surface area contributed by atoms with Crippen molar-refractivity contribution >= 4 is 12.6 Å². The highest BCUT2D eigenvalue weighted by Crippen LogP contribution is 2.33. The minimum absolute atomic E-state index is 0.240. The minimum Gasteiger partial charge on any atom is -0.390 e. The second kappa shape index (κ2) is 4.67. The zero-order valence-corrected chi connectivity index (χ0v) is 10.1. The van der Waals surface area contributed by atoms with E-state index >= 15 is 0 Å². The maximum Gasteiger partial charge on any atom is 0.330 e. The number of H-pyrrole nitrogens is 1. The van der Waals surface area contributed by atoms with Crippen LogP contribution in [0.2, 0.25) is 0 Å². The molecule has 0 radical (unpaired) electrons. The molecule has 17 heavy (non-hydrogen) atoms. The summed E-state index contributed by atoms with van der Waals surface area (Å²) in [7, 11) is 0. The van der Waals surface area contributed by atoms with Gasteiger partial charge in [0.25, 0.3) is 5.56 Å². The smallest absolute Gasteiger partial charge is 0.330 e. The average Bonchev–Trinajstić information content (AvgIpc) is 2.57. The van der Waals surface area contributed by atoms with E-state index in [4.69, 9.17) is 4.74 Å². The molecule has 2 heterocycles. The van der Waals surface area contributed by atoms with E-state index < -0.39 is 29.7 Å². The van der Waals surface area contributed by atoms with Gasteiger partial charge in [-0.1, -0.05) is 6.92 Å². The second-order valence-corrected chi connectivity index (χ2v) is 4.48. The number of nitrogens with zero attached hydrogens (tertiary/aromatic N) is 1. The summed E-state index contributed by atoms with van der Waals surface area (Å²) in [4.78, 5) is 24.7. The number of aromatic nitrogens is 2. The lowest BCUT2D eigenvalue weighted by atomic mass is 10.0. The van der Waals surface area contributed by atoms with Crippen LogP contribution in [0.15, 0.2) is 21.9 Å². The molecule has 1 aromatic heterocycles. The number of nitrogens with one attached hydrogen (secondary N) is 1. The average molecular weight is 258 g/mol. The van der Waals surface area contributed by atoms with Gasteiger partial charge in [0.15, 0.2) is 0 Å². The predicted octanol–water partition coefficient (Wildman–Crippen LogP) is -0.639. The van der Waals surface area contributed by atoms with E-state index in [9.17, 15) is 14.7 Å². The van der Waals surface area contributed by atoms with E-state index in [0.717, 1.165) is 0 Å². The van der Waals surface area contributed by atoms with Crippen LogP contribution < -0.4 is 11.2 Å². The van der Waals surface area contributed by atoms with Crippen LogP contribution in [0.4, 0.5) is 0 Å². The van der Waals surface area contributed by atoms with Crippen molar-refractivity contribution in [3.8, 4) is 0 Å². The Morgan fingerprint density at radius 3 is 2.82 bits per heavy atom. The summed E-state index contributed by atoms with van der Waals surface area (Å²) in [6.45, 7) is 1.79. The summed E-state index contributed by atoms with van der Waals surface area (Å²) in [5, 5.41) is 9.87. The van der Waals surface area contributed by atoms with Gasteiger partial charge in [0.1, 0.15) is 6.23 Å². The molecule has 1 aliphatic heterocycles. The number of rotatable bonds is 2. The summed E-state index contributed by atoms with van der Waals surface area (Å²) in [5.41, 5.74) is -0.996. The van der Waals surface area contributed by atoms with Crippen LogP contribution in [0.5, 0.6) is 0 Å². The highest BCUT2D eigenvalue weighted by atomic mass is 32.1. The number of ether oxygens (including phenoxy) is 1. The highest BCUT2D eigenvalue weighted by molar-refractivity contribution is 7.80. The topological polar surface area (TPSA) is 84.3 Å². The summed E-state index contributed by atoms with van der Waals surface area (Å²) in [5.74, 6) is 0.135. The SMILES string of the molecule is C[C@@H]1[C@H](O)[C@@H](CS)O[C@H]1n1ccc(=O)[nH]c1=O. The maximum atomic E-state index is 11.6. The van der Waals surface area contributed by atoms with Gasteiger partial charge < -0.3 is 9.84 Å². The maximum absolute atomic E-state index is 11.6. The molecule has 0 aromatic carbocycles. The minimum atomic E-state index is -0.670. The van der Waals surface area contributed by atoms with E-state index in [2.05, 4.69) is 17.6 Å².